The van der Waals surface area contributed by atoms with E-state index in [1.54, 1.807) is 4.68 Å². The molecule has 1 unspecified atom stereocenters. The number of nitrogens with zero attached hydrogens (tertiary/aromatic N) is 2. The molecule has 4 aliphatic carbocycles. The van der Waals surface area contributed by atoms with Crippen LogP contribution in [0.5, 0.6) is 0 Å². The van der Waals surface area contributed by atoms with Gasteiger partial charge >= 0.3 is 0 Å². The second kappa shape index (κ2) is 5.33. The van der Waals surface area contributed by atoms with E-state index in [0.717, 1.165) is 27.9 Å². The largest absolute Gasteiger partial charge is 0.348 e. The number of carbonyl (C=O) groups is 1. The highest BCUT2D eigenvalue weighted by Gasteiger charge is 2.53. The monoisotopic (exact) mass is 379 g/mol. The summed E-state index contributed by atoms with van der Waals surface area (Å²) in [7, 11) is 1.87. The zero-order valence-corrected chi connectivity index (χ0v) is 15.8. The molecular weight excluding hydrogens is 354 g/mol. The van der Waals surface area contributed by atoms with Crippen LogP contribution < -0.4 is 5.32 Å². The minimum atomic E-state index is -0.0381. The maximum Gasteiger partial charge on any atom is 0.273 e. The number of amides is 1. The summed E-state index contributed by atoms with van der Waals surface area (Å²) in [5, 5.41) is 7.66. The summed E-state index contributed by atoms with van der Waals surface area (Å²) in [5.74, 6) is 2.68. The molecule has 1 heterocycles. The molecule has 23 heavy (non-hydrogen) atoms. The lowest BCUT2D eigenvalue weighted by molar-refractivity contribution is -0.0688. The molecule has 1 atom stereocenters. The fourth-order valence-electron chi connectivity index (χ4n) is 5.85. The van der Waals surface area contributed by atoms with E-state index in [1.807, 2.05) is 14.0 Å². The molecule has 5 rings (SSSR count). The van der Waals surface area contributed by atoms with E-state index in [-0.39, 0.29) is 11.9 Å². The molecule has 0 aromatic carbocycles. The van der Waals surface area contributed by atoms with E-state index in [2.05, 4.69) is 33.3 Å². The number of carbonyl (C=O) groups excluding carboxylic acids is 1. The van der Waals surface area contributed by atoms with E-state index in [4.69, 9.17) is 0 Å². The second-order valence-corrected chi connectivity index (χ2v) is 9.14. The molecule has 4 nitrogen and oxygen atoms in total. The molecule has 1 amide bonds. The topological polar surface area (TPSA) is 46.9 Å². The number of halogens is 1. The van der Waals surface area contributed by atoms with Crippen LogP contribution in [0.4, 0.5) is 0 Å². The zero-order valence-electron chi connectivity index (χ0n) is 14.2. The normalized spacial score (nSPS) is 36.3. The Morgan fingerprint density at radius 3 is 2.22 bits per heavy atom. The Hall–Kier alpha value is -0.840. The summed E-state index contributed by atoms with van der Waals surface area (Å²) in [6.45, 7) is 4.19. The van der Waals surface area contributed by atoms with Crippen molar-refractivity contribution in [1.29, 1.82) is 0 Å². The van der Waals surface area contributed by atoms with Gasteiger partial charge in [-0.05, 0) is 91.5 Å². The van der Waals surface area contributed by atoms with Crippen molar-refractivity contribution >= 4 is 21.8 Å². The maximum atomic E-state index is 12.7. The molecule has 0 spiro atoms. The van der Waals surface area contributed by atoms with E-state index in [0.29, 0.717) is 11.1 Å². The van der Waals surface area contributed by atoms with Gasteiger partial charge in [-0.1, -0.05) is 0 Å². The molecular formula is C18H26BrN3O. The Labute approximate surface area is 146 Å². The van der Waals surface area contributed by atoms with Crippen molar-refractivity contribution in [2.24, 2.45) is 30.2 Å². The average molecular weight is 380 g/mol. The van der Waals surface area contributed by atoms with Crippen LogP contribution in [-0.4, -0.2) is 21.7 Å². The molecule has 4 bridgehead atoms. The molecule has 4 saturated carbocycles. The first-order chi connectivity index (χ1) is 10.9. The SMILES string of the molecule is Cc1c(Br)c(C(=O)NC(C)C23CC4CC(CC(C4)C2)C3)nn1C. The van der Waals surface area contributed by atoms with Gasteiger partial charge in [-0.25, -0.2) is 0 Å². The van der Waals surface area contributed by atoms with Crippen LogP contribution in [0.15, 0.2) is 4.47 Å². The summed E-state index contributed by atoms with van der Waals surface area (Å²) in [6.07, 6.45) is 8.23. The van der Waals surface area contributed by atoms with Crippen LogP contribution in [0.1, 0.15) is 61.6 Å². The van der Waals surface area contributed by atoms with Gasteiger partial charge < -0.3 is 5.32 Å². The van der Waals surface area contributed by atoms with Gasteiger partial charge in [-0.2, -0.15) is 5.10 Å². The molecule has 1 aromatic rings. The van der Waals surface area contributed by atoms with Gasteiger partial charge in [0.25, 0.3) is 5.91 Å². The van der Waals surface area contributed by atoms with Gasteiger partial charge in [0, 0.05) is 13.1 Å². The first-order valence-corrected chi connectivity index (χ1v) is 9.67. The highest BCUT2D eigenvalue weighted by Crippen LogP contribution is 2.61. The lowest BCUT2D eigenvalue weighted by atomic mass is 9.48. The lowest BCUT2D eigenvalue weighted by Gasteiger charge is -2.59. The maximum absolute atomic E-state index is 12.7. The number of hydrogen-bond donors (Lipinski definition) is 1. The third kappa shape index (κ3) is 2.46. The van der Waals surface area contributed by atoms with Gasteiger partial charge in [-0.15, -0.1) is 0 Å². The van der Waals surface area contributed by atoms with Crippen LogP contribution in [-0.2, 0) is 7.05 Å². The van der Waals surface area contributed by atoms with Crippen molar-refractivity contribution in [1.82, 2.24) is 15.1 Å². The van der Waals surface area contributed by atoms with Crippen LogP contribution in [0.3, 0.4) is 0 Å². The van der Waals surface area contributed by atoms with Crippen LogP contribution in [0, 0.1) is 30.1 Å². The fourth-order valence-corrected chi connectivity index (χ4v) is 6.37. The van der Waals surface area contributed by atoms with Gasteiger partial charge in [0.15, 0.2) is 5.69 Å². The van der Waals surface area contributed by atoms with Gasteiger partial charge in [0.05, 0.1) is 10.2 Å². The van der Waals surface area contributed by atoms with Crippen molar-refractivity contribution < 1.29 is 4.79 Å². The van der Waals surface area contributed by atoms with Gasteiger partial charge in [0.1, 0.15) is 0 Å². The summed E-state index contributed by atoms with van der Waals surface area (Å²) in [6, 6.07) is 0.234. The van der Waals surface area contributed by atoms with Gasteiger partial charge in [0.2, 0.25) is 0 Å². The van der Waals surface area contributed by atoms with Crippen LogP contribution in [0.2, 0.25) is 0 Å². The molecule has 5 heteroatoms. The molecule has 0 saturated heterocycles. The quantitative estimate of drug-likeness (QED) is 0.867. The highest BCUT2D eigenvalue weighted by molar-refractivity contribution is 9.10. The van der Waals surface area contributed by atoms with Crippen LogP contribution >= 0.6 is 15.9 Å². The predicted molar refractivity (Wildman–Crippen MR) is 93.2 cm³/mol. The van der Waals surface area contributed by atoms with Crippen molar-refractivity contribution in [2.75, 3.05) is 0 Å². The number of nitrogens with one attached hydrogen (secondary N) is 1. The number of rotatable bonds is 3. The predicted octanol–water partition coefficient (Wildman–Crippen LogP) is 3.83. The van der Waals surface area contributed by atoms with Crippen molar-refractivity contribution in [3.8, 4) is 0 Å². The third-order valence-corrected chi connectivity index (χ3v) is 7.78. The highest BCUT2D eigenvalue weighted by atomic mass is 79.9. The molecule has 0 radical (unpaired) electrons. The van der Waals surface area contributed by atoms with Crippen molar-refractivity contribution in [3.05, 3.63) is 15.9 Å². The minimum Gasteiger partial charge on any atom is -0.348 e. The molecule has 0 aliphatic heterocycles. The summed E-state index contributed by atoms with van der Waals surface area (Å²) < 4.78 is 2.57. The smallest absolute Gasteiger partial charge is 0.273 e. The number of aromatic nitrogens is 2. The number of hydrogen-bond acceptors (Lipinski definition) is 2. The Kier molecular flexibility index (Phi) is 3.63. The second-order valence-electron chi connectivity index (χ2n) is 8.35. The Morgan fingerprint density at radius 2 is 1.78 bits per heavy atom. The zero-order chi connectivity index (χ0) is 16.4. The van der Waals surface area contributed by atoms with Crippen LogP contribution in [0.25, 0.3) is 0 Å². The van der Waals surface area contributed by atoms with E-state index in [1.165, 1.54) is 38.5 Å². The Morgan fingerprint density at radius 1 is 1.26 bits per heavy atom. The molecule has 126 valence electrons. The summed E-state index contributed by atoms with van der Waals surface area (Å²) >= 11 is 3.51. The summed E-state index contributed by atoms with van der Waals surface area (Å²) in [5.41, 5.74) is 1.83. The van der Waals surface area contributed by atoms with Crippen molar-refractivity contribution in [3.63, 3.8) is 0 Å². The first-order valence-electron chi connectivity index (χ1n) is 8.88. The van der Waals surface area contributed by atoms with Gasteiger partial charge in [-0.3, -0.25) is 9.48 Å². The minimum absolute atomic E-state index is 0.0381. The first kappa shape index (κ1) is 15.7. The van der Waals surface area contributed by atoms with E-state index >= 15 is 0 Å². The van der Waals surface area contributed by atoms with Crippen molar-refractivity contribution in [2.45, 2.75) is 58.4 Å². The molecule has 1 aromatic heterocycles. The molecule has 4 aliphatic rings. The third-order valence-electron chi connectivity index (χ3n) is 6.83. The fraction of sp³-hybridized carbons (Fsp3) is 0.778. The Balaban J connectivity index is 1.52. The lowest BCUT2D eigenvalue weighted by Crippen LogP contribution is -2.55. The van der Waals surface area contributed by atoms with E-state index in [9.17, 15) is 4.79 Å². The molecule has 4 fully saturated rings. The average Bonchev–Trinajstić information content (AvgIpc) is 2.73. The standard InChI is InChI=1S/C18H26BrN3O/c1-10-15(19)16(21-22(10)3)17(23)20-11(2)18-7-12-4-13(8-18)6-14(5-12)9-18/h11-14H,4-9H2,1-3H3,(H,20,23). The van der Waals surface area contributed by atoms with E-state index < -0.39 is 0 Å². The molecule has 1 N–H and O–H groups in total. The summed E-state index contributed by atoms with van der Waals surface area (Å²) in [4.78, 5) is 12.7. The Bertz CT molecular complexity index is 616. The number of aryl methyl sites for hydroxylation is 1.